The first-order valence-corrected chi connectivity index (χ1v) is 7.26. The monoisotopic (exact) mass is 278 g/mol. The lowest BCUT2D eigenvalue weighted by Crippen LogP contribution is -2.48. The van der Waals surface area contributed by atoms with Crippen LogP contribution in [0, 0.1) is 17.7 Å². The van der Waals surface area contributed by atoms with Gasteiger partial charge in [-0.2, -0.15) is 0 Å². The van der Waals surface area contributed by atoms with Crippen molar-refractivity contribution >= 4 is 11.6 Å². The van der Waals surface area contributed by atoms with E-state index in [9.17, 15) is 9.18 Å². The van der Waals surface area contributed by atoms with Crippen LogP contribution < -0.4 is 5.32 Å². The molecule has 4 heteroatoms. The van der Waals surface area contributed by atoms with Crippen molar-refractivity contribution in [1.82, 2.24) is 4.90 Å². The second-order valence-electron chi connectivity index (χ2n) is 6.05. The standard InChI is InChI=1S/C16H23FN2O/c1-11-8-12(2)10-19(9-11)13(3)16(20)18-15-7-5-4-6-14(15)17/h4-7,11-13H,8-10H2,1-3H3,(H,18,20)/t11-,12-,13-/m0/s1. The van der Waals surface area contributed by atoms with Gasteiger partial charge < -0.3 is 5.32 Å². The van der Waals surface area contributed by atoms with Crippen molar-refractivity contribution in [3.63, 3.8) is 0 Å². The molecule has 3 nitrogen and oxygen atoms in total. The Kier molecular flexibility index (Phi) is 4.76. The van der Waals surface area contributed by atoms with Crippen molar-refractivity contribution in [3.8, 4) is 0 Å². The maximum Gasteiger partial charge on any atom is 0.241 e. The zero-order chi connectivity index (χ0) is 14.7. The molecular formula is C16H23FN2O. The first-order valence-electron chi connectivity index (χ1n) is 7.26. The number of nitrogens with zero attached hydrogens (tertiary/aromatic N) is 1. The Balaban J connectivity index is 2.00. The van der Waals surface area contributed by atoms with Gasteiger partial charge in [0.15, 0.2) is 0 Å². The number of halogens is 1. The molecule has 1 heterocycles. The molecule has 0 aliphatic carbocycles. The number of anilines is 1. The number of rotatable bonds is 3. The number of carbonyl (C=O) groups excluding carboxylic acids is 1. The Labute approximate surface area is 120 Å². The van der Waals surface area contributed by atoms with Gasteiger partial charge in [0.2, 0.25) is 5.91 Å². The van der Waals surface area contributed by atoms with Crippen LogP contribution in [0.3, 0.4) is 0 Å². The van der Waals surface area contributed by atoms with Gasteiger partial charge in [-0.15, -0.1) is 0 Å². The van der Waals surface area contributed by atoms with E-state index in [2.05, 4.69) is 24.1 Å². The molecule has 0 radical (unpaired) electrons. The number of amides is 1. The summed E-state index contributed by atoms with van der Waals surface area (Å²) in [5, 5.41) is 2.68. The second kappa shape index (κ2) is 6.35. The summed E-state index contributed by atoms with van der Waals surface area (Å²) < 4.78 is 13.6. The van der Waals surface area contributed by atoms with Crippen LogP contribution in [0.15, 0.2) is 24.3 Å². The smallest absolute Gasteiger partial charge is 0.241 e. The summed E-state index contributed by atoms with van der Waals surface area (Å²) in [4.78, 5) is 14.4. The Bertz CT molecular complexity index is 467. The molecule has 1 N–H and O–H groups in total. The van der Waals surface area contributed by atoms with Gasteiger partial charge in [-0.1, -0.05) is 26.0 Å². The van der Waals surface area contributed by atoms with E-state index in [-0.39, 0.29) is 17.6 Å². The van der Waals surface area contributed by atoms with E-state index >= 15 is 0 Å². The van der Waals surface area contributed by atoms with Crippen LogP contribution in [-0.4, -0.2) is 29.9 Å². The molecule has 0 bridgehead atoms. The minimum Gasteiger partial charge on any atom is -0.322 e. The minimum absolute atomic E-state index is 0.142. The molecule has 1 aliphatic heterocycles. The lowest BCUT2D eigenvalue weighted by Gasteiger charge is -2.38. The van der Waals surface area contributed by atoms with Gasteiger partial charge in [-0.3, -0.25) is 9.69 Å². The van der Waals surface area contributed by atoms with Crippen molar-refractivity contribution < 1.29 is 9.18 Å². The predicted octanol–water partition coefficient (Wildman–Crippen LogP) is 3.13. The summed E-state index contributed by atoms with van der Waals surface area (Å²) in [5.41, 5.74) is 0.252. The number of carbonyl (C=O) groups is 1. The SMILES string of the molecule is C[C@H]1C[C@H](C)CN([C@@H](C)C(=O)Nc2ccccc2F)C1. The van der Waals surface area contributed by atoms with Gasteiger partial charge in [0.25, 0.3) is 0 Å². The summed E-state index contributed by atoms with van der Waals surface area (Å²) in [6.45, 7) is 8.17. The molecule has 1 saturated heterocycles. The number of para-hydroxylation sites is 1. The molecule has 1 amide bonds. The summed E-state index contributed by atoms with van der Waals surface area (Å²) in [7, 11) is 0. The van der Waals surface area contributed by atoms with E-state index in [1.54, 1.807) is 18.2 Å². The number of hydrogen-bond acceptors (Lipinski definition) is 2. The molecule has 1 aliphatic rings. The van der Waals surface area contributed by atoms with Gasteiger partial charge in [0.05, 0.1) is 11.7 Å². The van der Waals surface area contributed by atoms with Gasteiger partial charge in [-0.25, -0.2) is 4.39 Å². The Morgan fingerprint density at radius 2 is 1.90 bits per heavy atom. The Morgan fingerprint density at radius 1 is 1.30 bits per heavy atom. The van der Waals surface area contributed by atoms with Crippen molar-refractivity contribution in [1.29, 1.82) is 0 Å². The predicted molar refractivity (Wildman–Crippen MR) is 79.0 cm³/mol. The summed E-state index contributed by atoms with van der Waals surface area (Å²) in [6.07, 6.45) is 1.21. The highest BCUT2D eigenvalue weighted by molar-refractivity contribution is 5.94. The highest BCUT2D eigenvalue weighted by Crippen LogP contribution is 2.23. The highest BCUT2D eigenvalue weighted by atomic mass is 19.1. The van der Waals surface area contributed by atoms with Crippen LogP contribution in [0.5, 0.6) is 0 Å². The summed E-state index contributed by atoms with van der Waals surface area (Å²) >= 11 is 0. The quantitative estimate of drug-likeness (QED) is 0.921. The van der Waals surface area contributed by atoms with Crippen molar-refractivity contribution in [3.05, 3.63) is 30.1 Å². The third-order valence-electron chi connectivity index (χ3n) is 3.96. The topological polar surface area (TPSA) is 32.3 Å². The first kappa shape index (κ1) is 15.0. The number of benzene rings is 1. The van der Waals surface area contributed by atoms with Crippen LogP contribution in [-0.2, 0) is 4.79 Å². The maximum atomic E-state index is 13.6. The van der Waals surface area contributed by atoms with E-state index in [0.29, 0.717) is 11.8 Å². The van der Waals surface area contributed by atoms with Crippen molar-refractivity contribution in [2.75, 3.05) is 18.4 Å². The third kappa shape index (κ3) is 3.57. The lowest BCUT2D eigenvalue weighted by molar-refractivity contribution is -0.121. The van der Waals surface area contributed by atoms with Gasteiger partial charge in [-0.05, 0) is 37.3 Å². The zero-order valence-corrected chi connectivity index (χ0v) is 12.4. The highest BCUT2D eigenvalue weighted by Gasteiger charge is 2.28. The molecule has 1 aromatic carbocycles. The van der Waals surface area contributed by atoms with E-state index in [4.69, 9.17) is 0 Å². The van der Waals surface area contributed by atoms with Gasteiger partial charge in [0, 0.05) is 13.1 Å². The average Bonchev–Trinajstić information content (AvgIpc) is 2.39. The molecule has 1 fully saturated rings. The Morgan fingerprint density at radius 3 is 2.50 bits per heavy atom. The molecule has 110 valence electrons. The minimum atomic E-state index is -0.395. The van der Waals surface area contributed by atoms with E-state index < -0.39 is 5.82 Å². The van der Waals surface area contributed by atoms with E-state index in [1.165, 1.54) is 12.5 Å². The van der Waals surface area contributed by atoms with Crippen LogP contribution in [0.4, 0.5) is 10.1 Å². The fourth-order valence-electron chi connectivity index (χ4n) is 2.99. The van der Waals surface area contributed by atoms with Crippen LogP contribution in [0.1, 0.15) is 27.2 Å². The first-order chi connectivity index (χ1) is 9.47. The number of likely N-dealkylation sites (tertiary alicyclic amines) is 1. The molecule has 20 heavy (non-hydrogen) atoms. The number of nitrogens with one attached hydrogen (secondary N) is 1. The number of hydrogen-bond donors (Lipinski definition) is 1. The molecule has 1 aromatic rings. The molecule has 0 unspecified atom stereocenters. The average molecular weight is 278 g/mol. The van der Waals surface area contributed by atoms with Gasteiger partial charge in [0.1, 0.15) is 5.82 Å². The molecule has 0 aromatic heterocycles. The normalized spacial score (nSPS) is 25.2. The number of piperidine rings is 1. The lowest BCUT2D eigenvalue weighted by atomic mass is 9.91. The molecule has 2 rings (SSSR count). The molecule has 0 saturated carbocycles. The Hall–Kier alpha value is -1.42. The van der Waals surface area contributed by atoms with Gasteiger partial charge >= 0.3 is 0 Å². The fraction of sp³-hybridized carbons (Fsp3) is 0.562. The second-order valence-corrected chi connectivity index (χ2v) is 6.05. The van der Waals surface area contributed by atoms with Crippen LogP contribution in [0.2, 0.25) is 0 Å². The summed E-state index contributed by atoms with van der Waals surface area (Å²) in [5.74, 6) is 0.662. The third-order valence-corrected chi connectivity index (χ3v) is 3.96. The molecule has 0 spiro atoms. The zero-order valence-electron chi connectivity index (χ0n) is 12.4. The van der Waals surface area contributed by atoms with E-state index in [0.717, 1.165) is 13.1 Å². The van der Waals surface area contributed by atoms with Crippen molar-refractivity contribution in [2.24, 2.45) is 11.8 Å². The molecule has 3 atom stereocenters. The van der Waals surface area contributed by atoms with E-state index in [1.807, 2.05) is 6.92 Å². The molecular weight excluding hydrogens is 255 g/mol. The summed E-state index contributed by atoms with van der Waals surface area (Å²) in [6, 6.07) is 6.03. The largest absolute Gasteiger partial charge is 0.322 e. The van der Waals surface area contributed by atoms with Crippen LogP contribution in [0.25, 0.3) is 0 Å². The van der Waals surface area contributed by atoms with Crippen molar-refractivity contribution in [2.45, 2.75) is 33.2 Å². The maximum absolute atomic E-state index is 13.6. The van der Waals surface area contributed by atoms with Crippen LogP contribution >= 0.6 is 0 Å². The fourth-order valence-corrected chi connectivity index (χ4v) is 2.99.